The summed E-state index contributed by atoms with van der Waals surface area (Å²) in [5.41, 5.74) is 1.74. The molecule has 1 atom stereocenters. The number of anilines is 1. The van der Waals surface area contributed by atoms with Crippen LogP contribution in [0.3, 0.4) is 0 Å². The van der Waals surface area contributed by atoms with Crippen molar-refractivity contribution in [2.45, 2.75) is 45.4 Å². The highest BCUT2D eigenvalue weighted by Crippen LogP contribution is 2.34. The Morgan fingerprint density at radius 3 is 2.76 bits per heavy atom. The number of carbonyl (C=O) groups excluding carboxylic acids is 1. The summed E-state index contributed by atoms with van der Waals surface area (Å²) in [5, 5.41) is 3.39. The molecule has 1 aliphatic carbocycles. The first kappa shape index (κ1) is 18.4. The van der Waals surface area contributed by atoms with Gasteiger partial charge in [0.05, 0.1) is 5.69 Å². The minimum Gasteiger partial charge on any atom is -0.291 e. The van der Waals surface area contributed by atoms with Gasteiger partial charge in [-0.05, 0) is 24.8 Å². The van der Waals surface area contributed by atoms with E-state index in [1.165, 1.54) is 37.0 Å². The highest BCUT2D eigenvalue weighted by molar-refractivity contribution is 7.14. The van der Waals surface area contributed by atoms with Crippen molar-refractivity contribution < 1.29 is 4.79 Å². The Morgan fingerprint density at radius 2 is 2.08 bits per heavy atom. The van der Waals surface area contributed by atoms with Crippen LogP contribution in [0.25, 0.3) is 11.3 Å². The Morgan fingerprint density at radius 1 is 1.36 bits per heavy atom. The molecule has 1 aliphatic rings. The molecule has 1 fully saturated rings. The van der Waals surface area contributed by atoms with Crippen LogP contribution in [0, 0.1) is 11.8 Å². The van der Waals surface area contributed by atoms with Crippen LogP contribution in [0.2, 0.25) is 5.02 Å². The normalized spacial score (nSPS) is 16.1. The molecule has 0 unspecified atom stereocenters. The lowest BCUT2D eigenvalue weighted by molar-refractivity contribution is -0.122. The number of carbonyl (C=O) groups is 1. The Labute approximate surface area is 159 Å². The van der Waals surface area contributed by atoms with Crippen LogP contribution < -0.4 is 4.90 Å². The fraction of sp³-hybridized carbons (Fsp3) is 0.500. The molecule has 1 aromatic heterocycles. The molecule has 0 bridgehead atoms. The van der Waals surface area contributed by atoms with E-state index in [1.54, 1.807) is 4.90 Å². The van der Waals surface area contributed by atoms with Gasteiger partial charge in [0.2, 0.25) is 5.91 Å². The fourth-order valence-corrected chi connectivity index (χ4v) is 4.70. The molecular formula is C20H25ClN2OS. The second-order valence-corrected chi connectivity index (χ2v) is 8.13. The molecule has 0 saturated heterocycles. The standard InChI is InChI=1S/C20H25ClN2OS/c1-3-15(12-14-8-4-5-9-14)19(24)23(2)20-22-18(13-25-20)16-10-6-7-11-17(16)21/h6-7,10-11,13-15H,3-5,8-9,12H2,1-2H3/t15-/m1/s1. The van der Waals surface area contributed by atoms with Crippen LogP contribution >= 0.6 is 22.9 Å². The summed E-state index contributed by atoms with van der Waals surface area (Å²) >= 11 is 7.76. The van der Waals surface area contributed by atoms with E-state index in [9.17, 15) is 4.79 Å². The molecule has 0 radical (unpaired) electrons. The third-order valence-corrected chi connectivity index (χ3v) is 6.44. The summed E-state index contributed by atoms with van der Waals surface area (Å²) in [4.78, 5) is 19.3. The molecule has 0 N–H and O–H groups in total. The highest BCUT2D eigenvalue weighted by atomic mass is 35.5. The molecule has 5 heteroatoms. The number of hydrogen-bond acceptors (Lipinski definition) is 3. The van der Waals surface area contributed by atoms with Crippen molar-refractivity contribution in [1.29, 1.82) is 0 Å². The SMILES string of the molecule is CC[C@H](CC1CCCC1)C(=O)N(C)c1nc(-c2ccccc2Cl)cs1. The summed E-state index contributed by atoms with van der Waals surface area (Å²) < 4.78 is 0. The Balaban J connectivity index is 1.72. The zero-order valence-corrected chi connectivity index (χ0v) is 16.4. The minimum atomic E-state index is 0.0979. The molecular weight excluding hydrogens is 352 g/mol. The van der Waals surface area contributed by atoms with Crippen molar-refractivity contribution in [1.82, 2.24) is 4.98 Å². The molecule has 1 heterocycles. The van der Waals surface area contributed by atoms with Crippen molar-refractivity contribution in [3.05, 3.63) is 34.7 Å². The van der Waals surface area contributed by atoms with Crippen LogP contribution in [-0.4, -0.2) is 17.9 Å². The minimum absolute atomic E-state index is 0.0979. The molecule has 0 spiro atoms. The van der Waals surface area contributed by atoms with Gasteiger partial charge < -0.3 is 0 Å². The number of amides is 1. The number of aromatic nitrogens is 1. The van der Waals surface area contributed by atoms with Crippen molar-refractivity contribution in [3.8, 4) is 11.3 Å². The van der Waals surface area contributed by atoms with Gasteiger partial charge in [0, 0.05) is 28.9 Å². The molecule has 3 rings (SSSR count). The van der Waals surface area contributed by atoms with Gasteiger partial charge >= 0.3 is 0 Å². The van der Waals surface area contributed by atoms with Crippen LogP contribution in [0.15, 0.2) is 29.6 Å². The van der Waals surface area contributed by atoms with Gasteiger partial charge in [0.25, 0.3) is 0 Å². The van der Waals surface area contributed by atoms with Crippen LogP contribution in [0.1, 0.15) is 45.4 Å². The van der Waals surface area contributed by atoms with E-state index in [0.717, 1.165) is 35.1 Å². The van der Waals surface area contributed by atoms with Gasteiger partial charge in [0.15, 0.2) is 5.13 Å². The van der Waals surface area contributed by atoms with Gasteiger partial charge in [-0.2, -0.15) is 0 Å². The van der Waals surface area contributed by atoms with E-state index in [1.807, 2.05) is 36.7 Å². The van der Waals surface area contributed by atoms with E-state index in [4.69, 9.17) is 11.6 Å². The third-order valence-electron chi connectivity index (χ3n) is 5.19. The average molecular weight is 377 g/mol. The quantitative estimate of drug-likeness (QED) is 0.616. The summed E-state index contributed by atoms with van der Waals surface area (Å²) in [7, 11) is 1.84. The molecule has 1 aromatic carbocycles. The molecule has 1 amide bonds. The predicted molar refractivity (Wildman–Crippen MR) is 106 cm³/mol. The lowest BCUT2D eigenvalue weighted by atomic mass is 9.90. The Bertz CT molecular complexity index is 724. The first-order valence-corrected chi connectivity index (χ1v) is 10.3. The number of nitrogens with zero attached hydrogens (tertiary/aromatic N) is 2. The number of thiazole rings is 1. The van der Waals surface area contributed by atoms with Crippen molar-refractivity contribution in [3.63, 3.8) is 0 Å². The zero-order valence-electron chi connectivity index (χ0n) is 14.9. The van der Waals surface area contributed by atoms with Gasteiger partial charge in [-0.3, -0.25) is 9.69 Å². The molecule has 25 heavy (non-hydrogen) atoms. The highest BCUT2D eigenvalue weighted by Gasteiger charge is 2.27. The van der Waals surface area contributed by atoms with E-state index >= 15 is 0 Å². The lowest BCUT2D eigenvalue weighted by Crippen LogP contribution is -2.33. The van der Waals surface area contributed by atoms with Gasteiger partial charge in [-0.15, -0.1) is 11.3 Å². The van der Waals surface area contributed by atoms with E-state index in [-0.39, 0.29) is 11.8 Å². The first-order chi connectivity index (χ1) is 12.1. The summed E-state index contributed by atoms with van der Waals surface area (Å²) in [5.74, 6) is 1.01. The van der Waals surface area contributed by atoms with Crippen LogP contribution in [-0.2, 0) is 4.79 Å². The van der Waals surface area contributed by atoms with Gasteiger partial charge in [-0.25, -0.2) is 4.98 Å². The molecule has 2 aromatic rings. The first-order valence-electron chi connectivity index (χ1n) is 9.08. The second kappa shape index (κ2) is 8.33. The summed E-state index contributed by atoms with van der Waals surface area (Å²) in [6.07, 6.45) is 7.10. The number of hydrogen-bond donors (Lipinski definition) is 0. The smallest absolute Gasteiger partial charge is 0.231 e. The lowest BCUT2D eigenvalue weighted by Gasteiger charge is -2.23. The van der Waals surface area contributed by atoms with Crippen LogP contribution in [0.5, 0.6) is 0 Å². The maximum absolute atomic E-state index is 12.9. The number of halogens is 1. The molecule has 134 valence electrons. The average Bonchev–Trinajstić information content (AvgIpc) is 3.30. The fourth-order valence-electron chi connectivity index (χ4n) is 3.67. The number of benzene rings is 1. The molecule has 3 nitrogen and oxygen atoms in total. The van der Waals surface area contributed by atoms with Crippen molar-refractivity contribution in [2.75, 3.05) is 11.9 Å². The van der Waals surface area contributed by atoms with Crippen LogP contribution in [0.4, 0.5) is 5.13 Å². The van der Waals surface area contributed by atoms with E-state index in [0.29, 0.717) is 5.02 Å². The van der Waals surface area contributed by atoms with E-state index in [2.05, 4.69) is 11.9 Å². The maximum atomic E-state index is 12.9. The Hall–Kier alpha value is -1.39. The number of rotatable bonds is 6. The third kappa shape index (κ3) is 4.24. The topological polar surface area (TPSA) is 33.2 Å². The van der Waals surface area contributed by atoms with Gasteiger partial charge in [0.1, 0.15) is 0 Å². The second-order valence-electron chi connectivity index (χ2n) is 6.88. The monoisotopic (exact) mass is 376 g/mol. The largest absolute Gasteiger partial charge is 0.291 e. The summed E-state index contributed by atoms with van der Waals surface area (Å²) in [6, 6.07) is 7.67. The van der Waals surface area contributed by atoms with Crippen molar-refractivity contribution >= 4 is 34.0 Å². The van der Waals surface area contributed by atoms with E-state index < -0.39 is 0 Å². The molecule has 1 saturated carbocycles. The maximum Gasteiger partial charge on any atom is 0.231 e. The zero-order chi connectivity index (χ0) is 17.8. The summed E-state index contributed by atoms with van der Waals surface area (Å²) in [6.45, 7) is 2.11. The predicted octanol–water partition coefficient (Wildman–Crippen LogP) is 6.03. The van der Waals surface area contributed by atoms with Crippen molar-refractivity contribution in [2.24, 2.45) is 11.8 Å². The Kier molecular flexibility index (Phi) is 6.13. The van der Waals surface area contributed by atoms with Gasteiger partial charge in [-0.1, -0.05) is 62.4 Å². The molecule has 0 aliphatic heterocycles.